The molecule has 0 bridgehead atoms. The molecule has 0 radical (unpaired) electrons. The number of nitrogens with one attached hydrogen (secondary N) is 1. The Kier molecular flexibility index (Phi) is 5.16. The van der Waals surface area contributed by atoms with Gasteiger partial charge < -0.3 is 15.0 Å². The zero-order valence-electron chi connectivity index (χ0n) is 16.6. The number of aromatic nitrogens is 1. The van der Waals surface area contributed by atoms with Gasteiger partial charge >= 0.3 is 5.97 Å². The number of hydrogen-bond donors (Lipinski definition) is 1. The van der Waals surface area contributed by atoms with Crippen LogP contribution in [0.3, 0.4) is 0 Å². The Bertz CT molecular complexity index is 1070. The van der Waals surface area contributed by atoms with E-state index in [9.17, 15) is 9.59 Å². The molecule has 0 fully saturated rings. The van der Waals surface area contributed by atoms with Crippen molar-refractivity contribution in [2.45, 2.75) is 19.3 Å². The molecule has 6 nitrogen and oxygen atoms in total. The second kappa shape index (κ2) is 7.91. The number of nitrogens with zero attached hydrogens (tertiary/aromatic N) is 2. The monoisotopic (exact) mass is 389 g/mol. The number of esters is 1. The molecule has 2 aromatic carbocycles. The summed E-state index contributed by atoms with van der Waals surface area (Å²) in [6.45, 7) is -0.334. The highest BCUT2D eigenvalue weighted by atomic mass is 16.5. The minimum Gasteiger partial charge on any atom is -0.452 e. The van der Waals surface area contributed by atoms with Gasteiger partial charge in [-0.15, -0.1) is 0 Å². The fourth-order valence-corrected chi connectivity index (χ4v) is 3.69. The largest absolute Gasteiger partial charge is 0.452 e. The van der Waals surface area contributed by atoms with Crippen LogP contribution < -0.4 is 10.2 Å². The van der Waals surface area contributed by atoms with Crippen LogP contribution in [0.4, 0.5) is 11.4 Å². The first kappa shape index (κ1) is 18.9. The Morgan fingerprint density at radius 3 is 2.59 bits per heavy atom. The van der Waals surface area contributed by atoms with Crippen molar-refractivity contribution in [1.82, 2.24) is 4.98 Å². The molecule has 4 rings (SSSR count). The number of carbonyl (C=O) groups is 2. The van der Waals surface area contributed by atoms with E-state index in [0.29, 0.717) is 11.3 Å². The third-order valence-corrected chi connectivity index (χ3v) is 5.13. The summed E-state index contributed by atoms with van der Waals surface area (Å²) in [5.41, 5.74) is 4.94. The first-order valence-corrected chi connectivity index (χ1v) is 9.68. The second-order valence-electron chi connectivity index (χ2n) is 7.35. The zero-order valence-corrected chi connectivity index (χ0v) is 16.6. The molecular formula is C23H23N3O3. The van der Waals surface area contributed by atoms with Crippen LogP contribution in [0.5, 0.6) is 0 Å². The lowest BCUT2D eigenvalue weighted by Crippen LogP contribution is -2.21. The fraction of sp³-hybridized carbons (Fsp3) is 0.261. The van der Waals surface area contributed by atoms with Gasteiger partial charge in [0.2, 0.25) is 0 Å². The lowest BCUT2D eigenvalue weighted by Gasteiger charge is -2.14. The first-order chi connectivity index (χ1) is 14.0. The zero-order chi connectivity index (χ0) is 20.4. The summed E-state index contributed by atoms with van der Waals surface area (Å²) in [6.07, 6.45) is 2.65. The van der Waals surface area contributed by atoms with E-state index < -0.39 is 5.97 Å². The van der Waals surface area contributed by atoms with Crippen LogP contribution in [0.15, 0.2) is 48.5 Å². The van der Waals surface area contributed by atoms with Gasteiger partial charge in [0.1, 0.15) is 0 Å². The molecular weight excluding hydrogens is 366 g/mol. The van der Waals surface area contributed by atoms with E-state index in [1.807, 2.05) is 67.5 Å². The van der Waals surface area contributed by atoms with Crippen molar-refractivity contribution in [3.8, 4) is 0 Å². The maximum Gasteiger partial charge on any atom is 0.339 e. The summed E-state index contributed by atoms with van der Waals surface area (Å²) in [6, 6.07) is 15.0. The van der Waals surface area contributed by atoms with Crippen molar-refractivity contribution in [2.75, 3.05) is 30.9 Å². The third kappa shape index (κ3) is 3.92. The van der Waals surface area contributed by atoms with Gasteiger partial charge in [0.05, 0.1) is 11.1 Å². The van der Waals surface area contributed by atoms with Crippen molar-refractivity contribution in [2.24, 2.45) is 0 Å². The normalized spacial score (nSPS) is 12.5. The molecule has 0 saturated heterocycles. The average molecular weight is 389 g/mol. The number of carbonyl (C=O) groups excluding carboxylic acids is 2. The fourth-order valence-electron chi connectivity index (χ4n) is 3.69. The number of para-hydroxylation sites is 1. The highest BCUT2D eigenvalue weighted by Crippen LogP contribution is 2.30. The Hall–Kier alpha value is -3.41. The van der Waals surface area contributed by atoms with Gasteiger partial charge in [0, 0.05) is 36.6 Å². The Morgan fingerprint density at radius 1 is 1.07 bits per heavy atom. The number of anilines is 2. The van der Waals surface area contributed by atoms with Crippen LogP contribution in [-0.2, 0) is 22.4 Å². The van der Waals surface area contributed by atoms with Gasteiger partial charge in [-0.1, -0.05) is 18.2 Å². The van der Waals surface area contributed by atoms with E-state index in [2.05, 4.69) is 10.3 Å². The SMILES string of the molecule is CN(C)c1ccc(NC(=O)COC(=O)c2c3c(nc4ccccc24)CCC3)cc1. The van der Waals surface area contributed by atoms with Crippen molar-refractivity contribution in [3.63, 3.8) is 0 Å². The molecule has 1 N–H and O–H groups in total. The number of aryl methyl sites for hydroxylation is 1. The van der Waals surface area contributed by atoms with Crippen molar-refractivity contribution >= 4 is 34.2 Å². The number of rotatable bonds is 5. The number of pyridine rings is 1. The van der Waals surface area contributed by atoms with Crippen LogP contribution in [-0.4, -0.2) is 37.6 Å². The molecule has 1 amide bonds. The maximum atomic E-state index is 12.9. The Morgan fingerprint density at radius 2 is 1.83 bits per heavy atom. The summed E-state index contributed by atoms with van der Waals surface area (Å²) in [5.74, 6) is -0.842. The Labute approximate surface area is 169 Å². The quantitative estimate of drug-likeness (QED) is 0.676. The second-order valence-corrected chi connectivity index (χ2v) is 7.35. The first-order valence-electron chi connectivity index (χ1n) is 9.68. The number of ether oxygens (including phenoxy) is 1. The van der Waals surface area contributed by atoms with Gasteiger partial charge in [-0.05, 0) is 55.2 Å². The van der Waals surface area contributed by atoms with E-state index in [-0.39, 0.29) is 12.5 Å². The minimum absolute atomic E-state index is 0.334. The summed E-state index contributed by atoms with van der Waals surface area (Å²) >= 11 is 0. The molecule has 0 spiro atoms. The van der Waals surface area contributed by atoms with E-state index in [0.717, 1.165) is 47.1 Å². The van der Waals surface area contributed by atoms with Crippen LogP contribution >= 0.6 is 0 Å². The molecule has 1 aliphatic rings. The molecule has 3 aromatic rings. The smallest absolute Gasteiger partial charge is 0.339 e. The molecule has 148 valence electrons. The van der Waals surface area contributed by atoms with Gasteiger partial charge in [0.15, 0.2) is 6.61 Å². The highest BCUT2D eigenvalue weighted by Gasteiger charge is 2.25. The number of amides is 1. The lowest BCUT2D eigenvalue weighted by molar-refractivity contribution is -0.119. The molecule has 29 heavy (non-hydrogen) atoms. The molecule has 1 aliphatic carbocycles. The lowest BCUT2D eigenvalue weighted by atomic mass is 10.0. The topological polar surface area (TPSA) is 71.5 Å². The van der Waals surface area contributed by atoms with Gasteiger partial charge in [0.25, 0.3) is 5.91 Å². The van der Waals surface area contributed by atoms with Gasteiger partial charge in [-0.25, -0.2) is 4.79 Å². The van der Waals surface area contributed by atoms with Crippen LogP contribution in [0, 0.1) is 0 Å². The average Bonchev–Trinajstić information content (AvgIpc) is 3.18. The predicted octanol–water partition coefficient (Wildman–Crippen LogP) is 3.59. The standard InChI is InChI=1S/C23H23N3O3/c1-26(2)16-12-10-15(11-13-16)24-21(27)14-29-23(28)22-17-6-3-4-8-19(17)25-20-9-5-7-18(20)22/h3-4,6,8,10-13H,5,7,9,14H2,1-2H3,(H,24,27). The number of fused-ring (bicyclic) bond motifs is 2. The van der Waals surface area contributed by atoms with Gasteiger partial charge in [-0.3, -0.25) is 9.78 Å². The van der Waals surface area contributed by atoms with Crippen molar-refractivity contribution < 1.29 is 14.3 Å². The summed E-state index contributed by atoms with van der Waals surface area (Å²) in [7, 11) is 3.90. The molecule has 0 saturated carbocycles. The summed E-state index contributed by atoms with van der Waals surface area (Å²) in [4.78, 5) is 31.8. The van der Waals surface area contributed by atoms with E-state index in [4.69, 9.17) is 4.74 Å². The molecule has 0 aliphatic heterocycles. The van der Waals surface area contributed by atoms with E-state index in [1.165, 1.54) is 0 Å². The molecule has 0 atom stereocenters. The van der Waals surface area contributed by atoms with Crippen LogP contribution in [0.2, 0.25) is 0 Å². The number of benzene rings is 2. The third-order valence-electron chi connectivity index (χ3n) is 5.13. The summed E-state index contributed by atoms with van der Waals surface area (Å²) in [5, 5.41) is 3.53. The number of hydrogen-bond acceptors (Lipinski definition) is 5. The van der Waals surface area contributed by atoms with Crippen LogP contribution in [0.1, 0.15) is 28.0 Å². The summed E-state index contributed by atoms with van der Waals surface area (Å²) < 4.78 is 5.37. The van der Waals surface area contributed by atoms with E-state index >= 15 is 0 Å². The minimum atomic E-state index is -0.472. The van der Waals surface area contributed by atoms with Crippen molar-refractivity contribution in [3.05, 3.63) is 65.4 Å². The Balaban J connectivity index is 1.47. The maximum absolute atomic E-state index is 12.9. The molecule has 1 heterocycles. The molecule has 1 aromatic heterocycles. The molecule has 0 unspecified atom stereocenters. The predicted molar refractivity (Wildman–Crippen MR) is 113 cm³/mol. The highest BCUT2D eigenvalue weighted by molar-refractivity contribution is 6.06. The van der Waals surface area contributed by atoms with Crippen LogP contribution in [0.25, 0.3) is 10.9 Å². The van der Waals surface area contributed by atoms with Crippen molar-refractivity contribution in [1.29, 1.82) is 0 Å². The molecule has 6 heteroatoms. The van der Waals surface area contributed by atoms with Gasteiger partial charge in [-0.2, -0.15) is 0 Å². The van der Waals surface area contributed by atoms with E-state index in [1.54, 1.807) is 0 Å².